The molecule has 2 fully saturated rings. The van der Waals surface area contributed by atoms with E-state index in [0.717, 1.165) is 38.8 Å². The maximum atomic E-state index is 15.8. The zero-order valence-electron chi connectivity index (χ0n) is 32.5. The summed E-state index contributed by atoms with van der Waals surface area (Å²) in [6.07, 6.45) is 4.93. The monoisotopic (exact) mass is 775 g/mol. The van der Waals surface area contributed by atoms with Gasteiger partial charge in [-0.1, -0.05) is 6.07 Å². The molecule has 14 nitrogen and oxygen atoms in total. The number of fused-ring (bicyclic) bond motifs is 1. The fourth-order valence-corrected chi connectivity index (χ4v) is 10.3. The minimum atomic E-state index is -4.86. The first-order valence-electron chi connectivity index (χ1n) is 18.5. The quantitative estimate of drug-likeness (QED) is 0.250. The highest BCUT2D eigenvalue weighted by Crippen LogP contribution is 2.60. The van der Waals surface area contributed by atoms with Crippen molar-refractivity contribution >= 4 is 27.5 Å². The van der Waals surface area contributed by atoms with E-state index >= 15 is 13.2 Å². The Morgan fingerprint density at radius 3 is 2.20 bits per heavy atom. The average Bonchev–Trinajstić information content (AvgIpc) is 3.46. The predicted octanol–water partition coefficient (Wildman–Crippen LogP) is 4.69. The highest BCUT2D eigenvalue weighted by molar-refractivity contribution is 7.93. The van der Waals surface area contributed by atoms with Crippen molar-refractivity contribution < 1.29 is 41.7 Å². The number of nitrogens with zero attached hydrogens (tertiary/aromatic N) is 5. The van der Waals surface area contributed by atoms with Crippen LogP contribution >= 0.6 is 0 Å². The Bertz CT molecular complexity index is 2100. The molecule has 294 valence electrons. The molecule has 0 spiro atoms. The summed E-state index contributed by atoms with van der Waals surface area (Å²) in [7, 11) is 2.65. The molecule has 1 unspecified atom stereocenters. The van der Waals surface area contributed by atoms with Crippen molar-refractivity contribution in [3.05, 3.63) is 58.8 Å². The average molecular weight is 776 g/mol. The Morgan fingerprint density at radius 1 is 0.964 bits per heavy atom. The van der Waals surface area contributed by atoms with Gasteiger partial charge in [-0.15, -0.1) is 0 Å². The van der Waals surface area contributed by atoms with E-state index in [9.17, 15) is 10.1 Å². The number of methoxy groups -OCH3 is 4. The number of carbonyl (C=O) groups is 2. The smallest absolute Gasteiger partial charge is 0.274 e. The molecule has 0 saturated carbocycles. The third-order valence-corrected chi connectivity index (χ3v) is 13.2. The number of pyridine rings is 1. The number of amides is 2. The molecule has 0 aliphatic carbocycles. The van der Waals surface area contributed by atoms with Crippen molar-refractivity contribution in [3.63, 3.8) is 0 Å². The van der Waals surface area contributed by atoms with Gasteiger partial charge in [0.25, 0.3) is 15.9 Å². The minimum absolute atomic E-state index is 0.0183. The molecule has 15 heteroatoms. The van der Waals surface area contributed by atoms with E-state index in [1.807, 2.05) is 0 Å². The van der Waals surface area contributed by atoms with Crippen LogP contribution in [0.25, 0.3) is 0 Å². The second-order valence-electron chi connectivity index (χ2n) is 14.2. The molecule has 3 aliphatic heterocycles. The number of aromatic nitrogens is 1. The number of carbonyl (C=O) groups excluding carboxylic acids is 2. The van der Waals surface area contributed by atoms with Crippen molar-refractivity contribution in [3.8, 4) is 34.9 Å². The molecule has 3 aliphatic rings. The van der Waals surface area contributed by atoms with E-state index < -0.39 is 27.8 Å². The summed E-state index contributed by atoms with van der Waals surface area (Å²) in [6, 6.07) is 9.52. The van der Waals surface area contributed by atoms with Crippen LogP contribution in [0.3, 0.4) is 0 Å². The standard InChI is InChI=1S/C40H49N5O9S/c1-8-54-38-30(10-9-17-42-38)40(23-33(46)44-20-15-27(16-21-44)26-13-18-43(3)19-14-26)34-25(2)29(24-41)36(52-6)37(53-7)35(34)45(39(40)47)55(48,49)32-12-11-28(50-4)22-31(32)51-5/h9-12,17,22,26-27H,8,13-16,18-21,23H2,1-7H3. The first-order chi connectivity index (χ1) is 26.4. The number of likely N-dealkylation sites (tertiary alicyclic amines) is 2. The number of benzene rings is 2. The van der Waals surface area contributed by atoms with Crippen LogP contribution in [0.1, 0.15) is 61.3 Å². The molecule has 4 heterocycles. The van der Waals surface area contributed by atoms with Gasteiger partial charge in [0.15, 0.2) is 11.5 Å². The first kappa shape index (κ1) is 39.6. The summed E-state index contributed by atoms with van der Waals surface area (Å²) in [4.78, 5) is 38.8. The van der Waals surface area contributed by atoms with Crippen LogP contribution < -0.4 is 28.0 Å². The van der Waals surface area contributed by atoms with Crippen LogP contribution in [0.2, 0.25) is 0 Å². The molecule has 3 aromatic rings. The Labute approximate surface area is 322 Å². The van der Waals surface area contributed by atoms with Crippen LogP contribution in [0.15, 0.2) is 41.4 Å². The molecule has 0 N–H and O–H groups in total. The molecule has 0 bridgehead atoms. The fourth-order valence-electron chi connectivity index (χ4n) is 8.68. The number of piperidine rings is 2. The molecular formula is C40H49N5O9S. The summed E-state index contributed by atoms with van der Waals surface area (Å²) in [5.41, 5.74) is -1.69. The van der Waals surface area contributed by atoms with Crippen molar-refractivity contribution in [2.75, 3.05) is 72.6 Å². The molecule has 0 radical (unpaired) electrons. The van der Waals surface area contributed by atoms with Gasteiger partial charge in [0, 0.05) is 42.9 Å². The number of hydrogen-bond donors (Lipinski definition) is 0. The number of anilines is 1. The van der Waals surface area contributed by atoms with E-state index in [0.29, 0.717) is 35.0 Å². The van der Waals surface area contributed by atoms with E-state index in [1.54, 1.807) is 30.9 Å². The number of nitriles is 1. The number of ether oxygens (including phenoxy) is 5. The zero-order chi connectivity index (χ0) is 39.7. The molecule has 6 rings (SSSR count). The summed E-state index contributed by atoms with van der Waals surface area (Å²) in [5, 5.41) is 10.5. The molecule has 2 saturated heterocycles. The van der Waals surface area contributed by atoms with Crippen molar-refractivity contribution in [2.45, 2.75) is 56.3 Å². The molecule has 1 aromatic heterocycles. The maximum Gasteiger partial charge on any atom is 0.274 e. The lowest BCUT2D eigenvalue weighted by molar-refractivity contribution is -0.136. The summed E-state index contributed by atoms with van der Waals surface area (Å²) in [6.45, 7) is 6.64. The van der Waals surface area contributed by atoms with Gasteiger partial charge >= 0.3 is 0 Å². The highest BCUT2D eigenvalue weighted by atomic mass is 32.2. The van der Waals surface area contributed by atoms with Crippen LogP contribution in [0.4, 0.5) is 5.69 Å². The van der Waals surface area contributed by atoms with Gasteiger partial charge in [0.05, 0.1) is 35.0 Å². The number of rotatable bonds is 12. The fraction of sp³-hybridized carbons (Fsp3) is 0.500. The summed E-state index contributed by atoms with van der Waals surface area (Å²) < 4.78 is 59.3. The van der Waals surface area contributed by atoms with Crippen LogP contribution in [-0.2, 0) is 25.0 Å². The van der Waals surface area contributed by atoms with E-state index in [2.05, 4.69) is 23.0 Å². The van der Waals surface area contributed by atoms with Gasteiger partial charge in [-0.2, -0.15) is 9.57 Å². The van der Waals surface area contributed by atoms with E-state index in [1.165, 1.54) is 52.8 Å². The Hall–Kier alpha value is -5.07. The third kappa shape index (κ3) is 6.69. The van der Waals surface area contributed by atoms with E-state index in [-0.39, 0.29) is 68.5 Å². The van der Waals surface area contributed by atoms with Gasteiger partial charge in [-0.05, 0) is 95.3 Å². The Kier molecular flexibility index (Phi) is 11.5. The maximum absolute atomic E-state index is 15.8. The van der Waals surface area contributed by atoms with Crippen molar-refractivity contribution in [1.29, 1.82) is 5.26 Å². The van der Waals surface area contributed by atoms with Crippen molar-refractivity contribution in [2.24, 2.45) is 11.8 Å². The van der Waals surface area contributed by atoms with Gasteiger partial charge in [-0.3, -0.25) is 9.59 Å². The molecular weight excluding hydrogens is 727 g/mol. The lowest BCUT2D eigenvalue weighted by atomic mass is 9.70. The minimum Gasteiger partial charge on any atom is -0.497 e. The first-order valence-corrected chi connectivity index (χ1v) is 19.9. The Morgan fingerprint density at radius 2 is 1.62 bits per heavy atom. The summed E-state index contributed by atoms with van der Waals surface area (Å²) >= 11 is 0. The van der Waals surface area contributed by atoms with E-state index in [4.69, 9.17) is 23.7 Å². The highest BCUT2D eigenvalue weighted by Gasteiger charge is 2.61. The SMILES string of the molecule is CCOc1ncccc1C1(CC(=O)N2CCC(C3CCN(C)CC3)CC2)C(=O)N(S(=O)(=O)c2ccc(OC)cc2OC)c2c(OC)c(OC)c(C#N)c(C)c21. The van der Waals surface area contributed by atoms with Crippen LogP contribution in [-0.4, -0.2) is 103 Å². The second kappa shape index (κ2) is 16.0. The predicted molar refractivity (Wildman–Crippen MR) is 204 cm³/mol. The normalized spacial score (nSPS) is 19.5. The second-order valence-corrected chi connectivity index (χ2v) is 16.0. The van der Waals surface area contributed by atoms with Crippen LogP contribution in [0, 0.1) is 30.1 Å². The summed E-state index contributed by atoms with van der Waals surface area (Å²) in [5.74, 6) is -0.173. The van der Waals surface area contributed by atoms with Crippen molar-refractivity contribution in [1.82, 2.24) is 14.8 Å². The molecule has 1 atom stereocenters. The lowest BCUT2D eigenvalue weighted by Crippen LogP contribution is -2.49. The van der Waals surface area contributed by atoms with Gasteiger partial charge in [0.1, 0.15) is 39.1 Å². The van der Waals surface area contributed by atoms with Gasteiger partial charge in [0.2, 0.25) is 11.8 Å². The van der Waals surface area contributed by atoms with Crippen LogP contribution in [0.5, 0.6) is 28.9 Å². The number of hydrogen-bond acceptors (Lipinski definition) is 12. The molecule has 55 heavy (non-hydrogen) atoms. The Balaban J connectivity index is 1.58. The largest absolute Gasteiger partial charge is 0.497 e. The zero-order valence-corrected chi connectivity index (χ0v) is 33.3. The molecule has 2 amide bonds. The topological polar surface area (TPSA) is 161 Å². The van der Waals surface area contributed by atoms with Gasteiger partial charge < -0.3 is 33.5 Å². The third-order valence-electron chi connectivity index (χ3n) is 11.5. The number of sulfonamides is 1. The molecule has 2 aromatic carbocycles. The van der Waals surface area contributed by atoms with Gasteiger partial charge in [-0.25, -0.2) is 13.4 Å². The lowest BCUT2D eigenvalue weighted by Gasteiger charge is -2.40.